The maximum atomic E-state index is 5.96. The molecule has 2 heterocycles. The molecule has 2 unspecified atom stereocenters. The Hall–Kier alpha value is -0.420. The zero-order chi connectivity index (χ0) is 15.3. The lowest BCUT2D eigenvalue weighted by Gasteiger charge is -2.47. The number of hydrogen-bond donors (Lipinski definition) is 2. The summed E-state index contributed by atoms with van der Waals surface area (Å²) in [5.74, 6) is 5.96. The van der Waals surface area contributed by atoms with Crippen molar-refractivity contribution in [3.63, 3.8) is 0 Å². The second-order valence-electron chi connectivity index (χ2n) is 6.40. The average Bonchev–Trinajstić information content (AvgIpc) is 3.00. The molecule has 120 valence electrons. The van der Waals surface area contributed by atoms with E-state index < -0.39 is 0 Å². The maximum Gasteiger partial charge on any atom is 0.0440 e. The Balaban J connectivity index is 2.11. The fourth-order valence-electron chi connectivity index (χ4n) is 3.48. The van der Waals surface area contributed by atoms with Crippen molar-refractivity contribution in [2.24, 2.45) is 5.84 Å². The van der Waals surface area contributed by atoms with E-state index in [9.17, 15) is 0 Å². The number of thiophene rings is 1. The van der Waals surface area contributed by atoms with Gasteiger partial charge in [-0.1, -0.05) is 20.3 Å². The van der Waals surface area contributed by atoms with Crippen LogP contribution in [0.1, 0.15) is 56.2 Å². The molecule has 21 heavy (non-hydrogen) atoms. The molecule has 4 heteroatoms. The number of likely N-dealkylation sites (tertiary alicyclic amines) is 1. The monoisotopic (exact) mass is 309 g/mol. The molecule has 0 spiro atoms. The molecule has 0 saturated carbocycles. The third kappa shape index (κ3) is 3.86. The summed E-state index contributed by atoms with van der Waals surface area (Å²) in [6, 6.07) is 4.85. The summed E-state index contributed by atoms with van der Waals surface area (Å²) >= 11 is 1.94. The third-order valence-corrected chi connectivity index (χ3v) is 6.47. The lowest BCUT2D eigenvalue weighted by atomic mass is 9.84. The molecule has 3 nitrogen and oxygen atoms in total. The van der Waals surface area contributed by atoms with Crippen molar-refractivity contribution in [1.82, 2.24) is 10.3 Å². The van der Waals surface area contributed by atoms with Crippen LogP contribution < -0.4 is 11.3 Å². The summed E-state index contributed by atoms with van der Waals surface area (Å²) in [5, 5.41) is 0. The van der Waals surface area contributed by atoms with E-state index in [2.05, 4.69) is 43.2 Å². The Morgan fingerprint density at radius 2 is 1.90 bits per heavy atom. The summed E-state index contributed by atoms with van der Waals surface area (Å²) in [4.78, 5) is 5.58. The number of piperidine rings is 1. The molecule has 0 aliphatic carbocycles. The molecule has 0 bridgehead atoms. The fraction of sp³-hybridized carbons (Fsp3) is 0.765. The molecule has 1 saturated heterocycles. The number of hydrazine groups is 1. The van der Waals surface area contributed by atoms with Crippen LogP contribution in [0.15, 0.2) is 12.1 Å². The zero-order valence-electron chi connectivity index (χ0n) is 13.8. The number of aryl methyl sites for hydroxylation is 1. The van der Waals surface area contributed by atoms with Crippen LogP contribution in [-0.4, -0.2) is 29.6 Å². The van der Waals surface area contributed by atoms with Gasteiger partial charge in [0.25, 0.3) is 0 Å². The lowest BCUT2D eigenvalue weighted by Crippen LogP contribution is -2.62. The van der Waals surface area contributed by atoms with Crippen molar-refractivity contribution < 1.29 is 0 Å². The molecular weight excluding hydrogens is 278 g/mol. The van der Waals surface area contributed by atoms with Gasteiger partial charge in [0, 0.05) is 27.8 Å². The molecule has 0 aromatic carbocycles. The minimum absolute atomic E-state index is 0.144. The van der Waals surface area contributed by atoms with Gasteiger partial charge in [-0.2, -0.15) is 0 Å². The molecule has 2 atom stereocenters. The molecule has 2 rings (SSSR count). The Morgan fingerprint density at radius 3 is 2.43 bits per heavy atom. The van der Waals surface area contributed by atoms with Crippen LogP contribution in [0.5, 0.6) is 0 Å². The Kier molecular flexibility index (Phi) is 6.23. The predicted octanol–water partition coefficient (Wildman–Crippen LogP) is 3.34. The van der Waals surface area contributed by atoms with Crippen LogP contribution >= 0.6 is 11.3 Å². The number of hydrogen-bond acceptors (Lipinski definition) is 4. The predicted molar refractivity (Wildman–Crippen MR) is 92.6 cm³/mol. The molecule has 1 aliphatic rings. The summed E-state index contributed by atoms with van der Waals surface area (Å²) in [5.41, 5.74) is 3.28. The molecule has 0 amide bonds. The van der Waals surface area contributed by atoms with E-state index in [0.29, 0.717) is 6.04 Å². The van der Waals surface area contributed by atoms with Crippen molar-refractivity contribution >= 4 is 11.3 Å². The smallest absolute Gasteiger partial charge is 0.0440 e. The molecule has 1 aliphatic heterocycles. The summed E-state index contributed by atoms with van der Waals surface area (Å²) in [6.07, 6.45) is 7.32. The van der Waals surface area contributed by atoms with E-state index in [1.807, 2.05) is 11.3 Å². The number of nitrogens with two attached hydrogens (primary N) is 1. The Labute approximate surface area is 133 Å². The van der Waals surface area contributed by atoms with Crippen molar-refractivity contribution in [3.05, 3.63) is 21.9 Å². The van der Waals surface area contributed by atoms with E-state index in [0.717, 1.165) is 19.3 Å². The first kappa shape index (κ1) is 16.9. The van der Waals surface area contributed by atoms with Crippen LogP contribution in [0.3, 0.4) is 0 Å². The van der Waals surface area contributed by atoms with Crippen LogP contribution in [0.2, 0.25) is 0 Å². The quantitative estimate of drug-likeness (QED) is 0.599. The van der Waals surface area contributed by atoms with Gasteiger partial charge in [-0.05, 0) is 57.8 Å². The SMILES string of the molecule is CCc1ccc(CC(NN)C(C)(CC)N2CCCCC2)s1. The molecule has 1 aromatic rings. The first-order chi connectivity index (χ1) is 10.1. The van der Waals surface area contributed by atoms with Crippen molar-refractivity contribution in [2.75, 3.05) is 13.1 Å². The minimum Gasteiger partial charge on any atom is -0.296 e. The first-order valence-electron chi connectivity index (χ1n) is 8.42. The molecular formula is C17H31N3S. The highest BCUT2D eigenvalue weighted by Gasteiger charge is 2.38. The Morgan fingerprint density at radius 1 is 1.24 bits per heavy atom. The van der Waals surface area contributed by atoms with Gasteiger partial charge >= 0.3 is 0 Å². The second kappa shape index (κ2) is 7.73. The minimum atomic E-state index is 0.144. The summed E-state index contributed by atoms with van der Waals surface area (Å²) in [7, 11) is 0. The van der Waals surface area contributed by atoms with Crippen LogP contribution in [0.25, 0.3) is 0 Å². The summed E-state index contributed by atoms with van der Waals surface area (Å²) in [6.45, 7) is 9.33. The fourth-order valence-corrected chi connectivity index (χ4v) is 4.48. The molecule has 1 aromatic heterocycles. The third-order valence-electron chi connectivity index (χ3n) is 5.22. The van der Waals surface area contributed by atoms with Crippen molar-refractivity contribution in [1.29, 1.82) is 0 Å². The topological polar surface area (TPSA) is 41.3 Å². The van der Waals surface area contributed by atoms with E-state index in [-0.39, 0.29) is 5.54 Å². The van der Waals surface area contributed by atoms with Crippen LogP contribution in [0.4, 0.5) is 0 Å². The highest BCUT2D eigenvalue weighted by atomic mass is 32.1. The molecule has 0 radical (unpaired) electrons. The van der Waals surface area contributed by atoms with Gasteiger partial charge in [-0.3, -0.25) is 16.2 Å². The molecule has 3 N–H and O–H groups in total. The number of nitrogens with one attached hydrogen (secondary N) is 1. The normalized spacial score (nSPS) is 21.1. The van der Waals surface area contributed by atoms with Crippen molar-refractivity contribution in [3.8, 4) is 0 Å². The van der Waals surface area contributed by atoms with Crippen LogP contribution in [-0.2, 0) is 12.8 Å². The van der Waals surface area contributed by atoms with E-state index >= 15 is 0 Å². The van der Waals surface area contributed by atoms with E-state index in [4.69, 9.17) is 5.84 Å². The van der Waals surface area contributed by atoms with Crippen LogP contribution in [0, 0.1) is 0 Å². The maximum absolute atomic E-state index is 5.96. The number of nitrogens with zero attached hydrogens (tertiary/aromatic N) is 1. The van der Waals surface area contributed by atoms with E-state index in [1.165, 1.54) is 42.1 Å². The average molecular weight is 310 g/mol. The summed E-state index contributed by atoms with van der Waals surface area (Å²) < 4.78 is 0. The zero-order valence-corrected chi connectivity index (χ0v) is 14.6. The van der Waals surface area contributed by atoms with Crippen molar-refractivity contribution in [2.45, 2.75) is 70.9 Å². The van der Waals surface area contributed by atoms with Gasteiger partial charge in [0.15, 0.2) is 0 Å². The van der Waals surface area contributed by atoms with Gasteiger partial charge in [-0.25, -0.2) is 0 Å². The Bertz CT molecular complexity index is 425. The largest absolute Gasteiger partial charge is 0.296 e. The first-order valence-corrected chi connectivity index (χ1v) is 9.24. The highest BCUT2D eigenvalue weighted by Crippen LogP contribution is 2.30. The van der Waals surface area contributed by atoms with E-state index in [1.54, 1.807) is 0 Å². The van der Waals surface area contributed by atoms with Gasteiger partial charge in [0.2, 0.25) is 0 Å². The number of rotatable bonds is 7. The highest BCUT2D eigenvalue weighted by molar-refractivity contribution is 7.11. The second-order valence-corrected chi connectivity index (χ2v) is 7.66. The van der Waals surface area contributed by atoms with Gasteiger partial charge in [0.05, 0.1) is 0 Å². The standard InChI is InChI=1S/C17H31N3S/c1-4-14-9-10-15(21-14)13-16(19-18)17(3,5-2)20-11-7-6-8-12-20/h9-10,16,19H,4-8,11-13,18H2,1-3H3. The van der Waals surface area contributed by atoms with Gasteiger partial charge < -0.3 is 0 Å². The van der Waals surface area contributed by atoms with Gasteiger partial charge in [-0.15, -0.1) is 11.3 Å². The van der Waals surface area contributed by atoms with Gasteiger partial charge in [0.1, 0.15) is 0 Å². The lowest BCUT2D eigenvalue weighted by molar-refractivity contribution is 0.0432. The molecule has 1 fully saturated rings.